The van der Waals surface area contributed by atoms with Gasteiger partial charge in [-0.3, -0.25) is 19.6 Å². The largest absolute Gasteiger partial charge is 0.508 e. The second-order valence-electron chi connectivity index (χ2n) is 10.6. The van der Waals surface area contributed by atoms with E-state index in [1.54, 1.807) is 12.1 Å². The summed E-state index contributed by atoms with van der Waals surface area (Å²) < 4.78 is 0. The lowest BCUT2D eigenvalue weighted by molar-refractivity contribution is -0.171. The van der Waals surface area contributed by atoms with Crippen LogP contribution in [0.25, 0.3) is 0 Å². The molecule has 1 aliphatic rings. The molecule has 1 aromatic carbocycles. The monoisotopic (exact) mass is 562 g/mol. The highest BCUT2D eigenvalue weighted by molar-refractivity contribution is 6.00. The van der Waals surface area contributed by atoms with Crippen LogP contribution in [0.3, 0.4) is 0 Å². The first kappa shape index (κ1) is 35.1. The van der Waals surface area contributed by atoms with E-state index in [0.717, 1.165) is 24.8 Å². The Kier molecular flexibility index (Phi) is 19.1. The number of carbonyl (C=O) groups is 4. The molecule has 0 aliphatic carbocycles. The van der Waals surface area contributed by atoms with Crippen LogP contribution in [0.4, 0.5) is 0 Å². The molecule has 0 saturated carbocycles. The van der Waals surface area contributed by atoms with E-state index in [2.05, 4.69) is 12.2 Å². The fourth-order valence-corrected chi connectivity index (χ4v) is 4.56. The third-order valence-electron chi connectivity index (χ3n) is 7.04. The van der Waals surface area contributed by atoms with Gasteiger partial charge in [0.25, 0.3) is 11.8 Å². The predicted octanol–water partition coefficient (Wildman–Crippen LogP) is 6.29. The predicted molar refractivity (Wildman–Crippen MR) is 154 cm³/mol. The van der Waals surface area contributed by atoms with E-state index in [1.165, 1.54) is 89.2 Å². The first-order valence-corrected chi connectivity index (χ1v) is 15.1. The molecule has 0 aromatic heterocycles. The average molecular weight is 563 g/mol. The van der Waals surface area contributed by atoms with Crippen molar-refractivity contribution >= 4 is 23.7 Å². The van der Waals surface area contributed by atoms with Gasteiger partial charge < -0.3 is 15.5 Å². The summed E-state index contributed by atoms with van der Waals surface area (Å²) in [6.07, 6.45) is 20.0. The molecule has 4 N–H and O–H groups in total. The van der Waals surface area contributed by atoms with Gasteiger partial charge in [-0.05, 0) is 24.1 Å². The quantitative estimate of drug-likeness (QED) is 0.0830. The zero-order valence-electron chi connectivity index (χ0n) is 24.2. The molecule has 1 aromatic rings. The summed E-state index contributed by atoms with van der Waals surface area (Å²) >= 11 is 0. The molecular formula is C31H50N2O7. The standard InChI is InChI=1S/C27H45NO4.C4H5NO3/c1-2-3-4-5-6-7-8-9-10-11-12-13-14-15-16-17-26(30)28-25(27(31)32)22-23-18-20-24(29)21-19-23;6-3-1-2-4(7)5(3)8/h18-21,25,29H,2-17,22H2,1H3,(H,28,30)(H,31,32);8H,1-2H2. The number of hydrogen-bond donors (Lipinski definition) is 4. The van der Waals surface area contributed by atoms with Gasteiger partial charge in [0.15, 0.2) is 0 Å². The molecule has 3 amide bonds. The van der Waals surface area contributed by atoms with Gasteiger partial charge in [-0.25, -0.2) is 4.79 Å². The van der Waals surface area contributed by atoms with Gasteiger partial charge in [0, 0.05) is 25.7 Å². The Balaban J connectivity index is 0.000000850. The number of aromatic hydroxyl groups is 1. The van der Waals surface area contributed by atoms with Crippen molar-refractivity contribution < 1.29 is 34.6 Å². The number of aliphatic carboxylic acids is 1. The van der Waals surface area contributed by atoms with Crippen molar-refractivity contribution in [3.63, 3.8) is 0 Å². The van der Waals surface area contributed by atoms with Crippen molar-refractivity contribution in [2.45, 2.75) is 135 Å². The third kappa shape index (κ3) is 16.9. The van der Waals surface area contributed by atoms with Crippen LogP contribution in [0.15, 0.2) is 24.3 Å². The lowest BCUT2D eigenvalue weighted by atomic mass is 10.0. The molecule has 0 bridgehead atoms. The topological polar surface area (TPSA) is 144 Å². The van der Waals surface area contributed by atoms with Gasteiger partial charge in [-0.2, -0.15) is 5.06 Å². The minimum Gasteiger partial charge on any atom is -0.508 e. The number of phenols is 1. The number of carboxylic acids is 1. The highest BCUT2D eigenvalue weighted by Crippen LogP contribution is 2.14. The number of rotatable bonds is 20. The molecule has 9 nitrogen and oxygen atoms in total. The second-order valence-corrected chi connectivity index (χ2v) is 10.6. The van der Waals surface area contributed by atoms with Gasteiger partial charge in [-0.1, -0.05) is 109 Å². The number of carboxylic acid groups (broad SMARTS) is 1. The van der Waals surface area contributed by atoms with Crippen LogP contribution in [-0.2, 0) is 25.6 Å². The maximum absolute atomic E-state index is 12.1. The molecule has 1 fully saturated rings. The SMILES string of the molecule is CCCCCCCCCCCCCCCCCC(=O)NC(Cc1ccc(O)cc1)C(=O)O.O=C1CCC(=O)N1O. The van der Waals surface area contributed by atoms with E-state index in [1.807, 2.05) is 0 Å². The summed E-state index contributed by atoms with van der Waals surface area (Å²) in [6.45, 7) is 2.26. The number of benzene rings is 1. The number of hydrogen-bond acceptors (Lipinski definition) is 6. The molecular weight excluding hydrogens is 512 g/mol. The molecule has 1 unspecified atom stereocenters. The molecule has 9 heteroatoms. The highest BCUT2D eigenvalue weighted by Gasteiger charge is 2.26. The number of phenolic OH excluding ortho intramolecular Hbond substituents is 1. The number of imide groups is 1. The maximum Gasteiger partial charge on any atom is 0.326 e. The summed E-state index contributed by atoms with van der Waals surface area (Å²) in [5.74, 6) is -2.11. The van der Waals surface area contributed by atoms with Crippen molar-refractivity contribution in [3.8, 4) is 5.75 Å². The Bertz CT molecular complexity index is 857. The van der Waals surface area contributed by atoms with Gasteiger partial charge >= 0.3 is 5.97 Å². The van der Waals surface area contributed by atoms with Crippen LogP contribution >= 0.6 is 0 Å². The Labute approximate surface area is 239 Å². The van der Waals surface area contributed by atoms with Crippen molar-refractivity contribution in [1.82, 2.24) is 10.4 Å². The minimum atomic E-state index is -1.04. The number of nitrogens with zero attached hydrogens (tertiary/aromatic N) is 1. The smallest absolute Gasteiger partial charge is 0.326 e. The van der Waals surface area contributed by atoms with E-state index < -0.39 is 23.8 Å². The lowest BCUT2D eigenvalue weighted by Crippen LogP contribution is -2.42. The number of hydroxylamine groups is 2. The molecule has 1 saturated heterocycles. The zero-order valence-corrected chi connectivity index (χ0v) is 24.2. The van der Waals surface area contributed by atoms with Crippen LogP contribution in [-0.4, -0.2) is 50.2 Å². The Morgan fingerprint density at radius 3 is 1.57 bits per heavy atom. The zero-order chi connectivity index (χ0) is 29.6. The Morgan fingerprint density at radius 1 is 0.775 bits per heavy atom. The summed E-state index contributed by atoms with van der Waals surface area (Å²) in [6, 6.07) is 5.44. The average Bonchev–Trinajstić information content (AvgIpc) is 3.22. The van der Waals surface area contributed by atoms with Crippen LogP contribution < -0.4 is 5.32 Å². The van der Waals surface area contributed by atoms with E-state index >= 15 is 0 Å². The third-order valence-corrected chi connectivity index (χ3v) is 7.04. The van der Waals surface area contributed by atoms with Gasteiger partial charge in [0.2, 0.25) is 5.91 Å². The Hall–Kier alpha value is -2.94. The number of nitrogens with one attached hydrogen (secondary N) is 1. The van der Waals surface area contributed by atoms with Crippen molar-refractivity contribution in [1.29, 1.82) is 0 Å². The van der Waals surface area contributed by atoms with E-state index in [0.29, 0.717) is 6.42 Å². The van der Waals surface area contributed by atoms with Crippen molar-refractivity contribution in [2.75, 3.05) is 0 Å². The van der Waals surface area contributed by atoms with Crippen molar-refractivity contribution in [2.24, 2.45) is 0 Å². The summed E-state index contributed by atoms with van der Waals surface area (Å²) in [5.41, 5.74) is 0.766. The first-order valence-electron chi connectivity index (χ1n) is 15.1. The molecule has 1 heterocycles. The summed E-state index contributed by atoms with van der Waals surface area (Å²) in [4.78, 5) is 44.1. The van der Waals surface area contributed by atoms with Crippen LogP contribution in [0, 0.1) is 0 Å². The lowest BCUT2D eigenvalue weighted by Gasteiger charge is -2.14. The number of amides is 3. The molecule has 1 aliphatic heterocycles. The summed E-state index contributed by atoms with van der Waals surface area (Å²) in [7, 11) is 0. The molecule has 40 heavy (non-hydrogen) atoms. The molecule has 0 spiro atoms. The maximum atomic E-state index is 12.1. The minimum absolute atomic E-state index is 0.137. The van der Waals surface area contributed by atoms with Gasteiger partial charge in [-0.15, -0.1) is 0 Å². The van der Waals surface area contributed by atoms with Gasteiger partial charge in [0.1, 0.15) is 11.8 Å². The van der Waals surface area contributed by atoms with E-state index in [9.17, 15) is 29.4 Å². The van der Waals surface area contributed by atoms with Crippen LogP contribution in [0.2, 0.25) is 0 Å². The normalized spacial score (nSPS) is 13.6. The number of unbranched alkanes of at least 4 members (excludes halogenated alkanes) is 14. The summed E-state index contributed by atoms with van der Waals surface area (Å²) in [5, 5.41) is 29.9. The van der Waals surface area contributed by atoms with Crippen molar-refractivity contribution in [3.05, 3.63) is 29.8 Å². The molecule has 2 rings (SSSR count). The van der Waals surface area contributed by atoms with Crippen LogP contribution in [0.5, 0.6) is 5.75 Å². The highest BCUT2D eigenvalue weighted by atomic mass is 16.5. The molecule has 226 valence electrons. The molecule has 0 radical (unpaired) electrons. The Morgan fingerprint density at radius 2 is 1.20 bits per heavy atom. The first-order chi connectivity index (χ1) is 19.2. The van der Waals surface area contributed by atoms with Crippen LogP contribution in [0.1, 0.15) is 128 Å². The second kappa shape index (κ2) is 21.8. The van der Waals surface area contributed by atoms with E-state index in [-0.39, 0.29) is 36.0 Å². The van der Waals surface area contributed by atoms with Gasteiger partial charge in [0.05, 0.1) is 0 Å². The molecule has 1 atom stereocenters. The number of carbonyl (C=O) groups excluding carboxylic acids is 3. The fourth-order valence-electron chi connectivity index (χ4n) is 4.56. The fraction of sp³-hybridized carbons (Fsp3) is 0.677. The van der Waals surface area contributed by atoms with E-state index in [4.69, 9.17) is 5.21 Å².